The van der Waals surface area contributed by atoms with Crippen molar-refractivity contribution in [3.8, 4) is 0 Å². The molecule has 0 saturated carbocycles. The summed E-state index contributed by atoms with van der Waals surface area (Å²) in [6.07, 6.45) is 13.9. The van der Waals surface area contributed by atoms with Gasteiger partial charge in [-0.05, 0) is 25.7 Å². The molecule has 0 aromatic heterocycles. The van der Waals surface area contributed by atoms with Gasteiger partial charge < -0.3 is 4.74 Å². The molecular weight excluding hydrogens is 350 g/mol. The molecule has 0 aromatic carbocycles. The van der Waals surface area contributed by atoms with Crippen LogP contribution < -0.4 is 0 Å². The molecule has 0 spiro atoms. The average Bonchev–Trinajstić information content (AvgIpc) is 2.42. The molecule has 0 radical (unpaired) electrons. The molecule has 1 nitrogen and oxygen atoms in total. The summed E-state index contributed by atoms with van der Waals surface area (Å²) in [6, 6.07) is 0. The van der Waals surface area contributed by atoms with Gasteiger partial charge in [0, 0.05) is 13.2 Å². The normalized spacial score (nSPS) is 11.7. The molecule has 0 aromatic rings. The second kappa shape index (κ2) is 17.5. The highest BCUT2D eigenvalue weighted by Crippen LogP contribution is 2.14. The number of halogens is 4. The van der Waals surface area contributed by atoms with Crippen LogP contribution >= 0.6 is 46.4 Å². The Kier molecular flexibility index (Phi) is 18.4. The molecular formula is C16H30Cl4O. The lowest BCUT2D eigenvalue weighted by Crippen LogP contribution is -1.97. The van der Waals surface area contributed by atoms with E-state index in [0.717, 1.165) is 51.7 Å². The summed E-state index contributed by atoms with van der Waals surface area (Å²) in [5, 5.41) is 0. The molecule has 0 aliphatic carbocycles. The lowest BCUT2D eigenvalue weighted by Gasteiger charge is -2.05. The van der Waals surface area contributed by atoms with Gasteiger partial charge >= 0.3 is 0 Å². The molecule has 0 heterocycles. The summed E-state index contributed by atoms with van der Waals surface area (Å²) in [5.74, 6) is 0. The monoisotopic (exact) mass is 378 g/mol. The van der Waals surface area contributed by atoms with Gasteiger partial charge in [-0.2, -0.15) is 0 Å². The topological polar surface area (TPSA) is 9.23 Å². The van der Waals surface area contributed by atoms with E-state index in [1.54, 1.807) is 0 Å². The van der Waals surface area contributed by atoms with Gasteiger partial charge in [0.25, 0.3) is 0 Å². The number of ether oxygens (including phenoxy) is 1. The third-order valence-corrected chi connectivity index (χ3v) is 4.29. The van der Waals surface area contributed by atoms with E-state index in [-0.39, 0.29) is 9.67 Å². The highest BCUT2D eigenvalue weighted by molar-refractivity contribution is 6.44. The Hall–Kier alpha value is 1.12. The Balaban J connectivity index is 2.96. The van der Waals surface area contributed by atoms with Crippen LogP contribution in [-0.2, 0) is 4.74 Å². The number of unbranched alkanes of at least 4 members (excludes halogenated alkanes) is 8. The van der Waals surface area contributed by atoms with Crippen LogP contribution in [0.5, 0.6) is 0 Å². The third kappa shape index (κ3) is 21.1. The van der Waals surface area contributed by atoms with Gasteiger partial charge in [-0.1, -0.05) is 51.4 Å². The lowest BCUT2D eigenvalue weighted by molar-refractivity contribution is 0.125. The third-order valence-electron chi connectivity index (χ3n) is 3.42. The van der Waals surface area contributed by atoms with E-state index in [9.17, 15) is 0 Å². The number of alkyl halides is 4. The Labute approximate surface area is 151 Å². The first-order valence-corrected chi connectivity index (χ1v) is 10.0. The maximum absolute atomic E-state index is 5.68. The molecule has 0 saturated heterocycles. The van der Waals surface area contributed by atoms with Crippen molar-refractivity contribution in [3.63, 3.8) is 0 Å². The minimum Gasteiger partial charge on any atom is -0.381 e. The minimum absolute atomic E-state index is 0.195. The zero-order valence-corrected chi connectivity index (χ0v) is 16.0. The molecule has 0 N–H and O–H groups in total. The van der Waals surface area contributed by atoms with Gasteiger partial charge in [0.15, 0.2) is 0 Å². The molecule has 0 rings (SSSR count). The van der Waals surface area contributed by atoms with E-state index in [2.05, 4.69) is 0 Å². The van der Waals surface area contributed by atoms with Gasteiger partial charge in [0.05, 0.1) is 0 Å². The highest BCUT2D eigenvalue weighted by atomic mass is 35.5. The summed E-state index contributed by atoms with van der Waals surface area (Å²) < 4.78 is 5.64. The van der Waals surface area contributed by atoms with Crippen molar-refractivity contribution < 1.29 is 4.74 Å². The zero-order valence-electron chi connectivity index (χ0n) is 13.0. The Bertz CT molecular complexity index is 181. The van der Waals surface area contributed by atoms with Crippen molar-refractivity contribution in [2.24, 2.45) is 0 Å². The van der Waals surface area contributed by atoms with Gasteiger partial charge in [-0.15, -0.1) is 46.4 Å². The van der Waals surface area contributed by atoms with Gasteiger partial charge in [0.2, 0.25) is 0 Å². The van der Waals surface area contributed by atoms with Crippen LogP contribution in [0.25, 0.3) is 0 Å². The smallest absolute Gasteiger partial charge is 0.107 e. The fourth-order valence-corrected chi connectivity index (χ4v) is 2.79. The van der Waals surface area contributed by atoms with Crippen molar-refractivity contribution in [1.29, 1.82) is 0 Å². The highest BCUT2D eigenvalue weighted by Gasteiger charge is 1.99. The van der Waals surface area contributed by atoms with Crippen molar-refractivity contribution in [2.45, 2.75) is 86.7 Å². The second-order valence-corrected chi connectivity index (χ2v) is 8.06. The summed E-state index contributed by atoms with van der Waals surface area (Å²) in [4.78, 5) is -0.390. The number of hydrogen-bond donors (Lipinski definition) is 0. The lowest BCUT2D eigenvalue weighted by atomic mass is 10.1. The summed E-state index contributed by atoms with van der Waals surface area (Å²) in [5.41, 5.74) is 0. The summed E-state index contributed by atoms with van der Waals surface area (Å²) in [7, 11) is 0. The van der Waals surface area contributed by atoms with Crippen LogP contribution in [0.3, 0.4) is 0 Å². The predicted octanol–water partition coefficient (Wildman–Crippen LogP) is 7.29. The van der Waals surface area contributed by atoms with Crippen molar-refractivity contribution in [2.75, 3.05) is 13.2 Å². The quantitative estimate of drug-likeness (QED) is 0.202. The number of hydrogen-bond acceptors (Lipinski definition) is 1. The standard InChI is InChI=1S/C16H30Cl4O/c17-15(18)11-7-3-1-5-9-13-21-14-10-6-2-4-8-12-16(19)20/h15-16H,1-14H2. The van der Waals surface area contributed by atoms with Crippen LogP contribution in [-0.4, -0.2) is 22.9 Å². The number of rotatable bonds is 16. The van der Waals surface area contributed by atoms with Crippen LogP contribution in [0, 0.1) is 0 Å². The predicted molar refractivity (Wildman–Crippen MR) is 97.2 cm³/mol. The molecule has 0 bridgehead atoms. The molecule has 0 aliphatic heterocycles. The summed E-state index contributed by atoms with van der Waals surface area (Å²) >= 11 is 22.7. The fraction of sp³-hybridized carbons (Fsp3) is 1.00. The first-order chi connectivity index (χ1) is 10.1. The Morgan fingerprint density at radius 3 is 1.19 bits per heavy atom. The van der Waals surface area contributed by atoms with Crippen LogP contribution in [0.1, 0.15) is 77.0 Å². The Morgan fingerprint density at radius 1 is 0.476 bits per heavy atom. The SMILES string of the molecule is ClC(Cl)CCCCCCCOCCCCCCCC(Cl)Cl. The van der Waals surface area contributed by atoms with E-state index in [1.165, 1.54) is 38.5 Å². The largest absolute Gasteiger partial charge is 0.381 e. The Morgan fingerprint density at radius 2 is 0.810 bits per heavy atom. The van der Waals surface area contributed by atoms with Gasteiger partial charge in [-0.25, -0.2) is 0 Å². The molecule has 21 heavy (non-hydrogen) atoms. The van der Waals surface area contributed by atoms with Crippen LogP contribution in [0.15, 0.2) is 0 Å². The maximum atomic E-state index is 5.68. The average molecular weight is 380 g/mol. The van der Waals surface area contributed by atoms with Crippen molar-refractivity contribution in [3.05, 3.63) is 0 Å². The zero-order chi connectivity index (χ0) is 15.8. The van der Waals surface area contributed by atoms with E-state index in [1.807, 2.05) is 0 Å². The van der Waals surface area contributed by atoms with Gasteiger partial charge in [-0.3, -0.25) is 0 Å². The fourth-order valence-electron chi connectivity index (χ4n) is 2.17. The first kappa shape index (κ1) is 22.1. The molecule has 128 valence electrons. The van der Waals surface area contributed by atoms with Crippen LogP contribution in [0.4, 0.5) is 0 Å². The van der Waals surface area contributed by atoms with E-state index >= 15 is 0 Å². The maximum Gasteiger partial charge on any atom is 0.107 e. The molecule has 0 unspecified atom stereocenters. The molecule has 0 fully saturated rings. The summed E-state index contributed by atoms with van der Waals surface area (Å²) in [6.45, 7) is 1.79. The van der Waals surface area contributed by atoms with Gasteiger partial charge in [0.1, 0.15) is 9.67 Å². The van der Waals surface area contributed by atoms with E-state index < -0.39 is 0 Å². The van der Waals surface area contributed by atoms with E-state index in [4.69, 9.17) is 51.1 Å². The molecule has 0 atom stereocenters. The van der Waals surface area contributed by atoms with Crippen LogP contribution in [0.2, 0.25) is 0 Å². The molecule has 5 heteroatoms. The first-order valence-electron chi connectivity index (χ1n) is 8.27. The molecule has 0 aliphatic rings. The van der Waals surface area contributed by atoms with Crippen molar-refractivity contribution in [1.82, 2.24) is 0 Å². The molecule has 0 amide bonds. The minimum atomic E-state index is -0.195. The van der Waals surface area contributed by atoms with Crippen molar-refractivity contribution >= 4 is 46.4 Å². The van der Waals surface area contributed by atoms with E-state index in [0.29, 0.717) is 0 Å². The second-order valence-electron chi connectivity index (χ2n) is 5.51.